The number of carbonyl (C=O) groups is 1. The van der Waals surface area contributed by atoms with Crippen LogP contribution in [0.2, 0.25) is 0 Å². The van der Waals surface area contributed by atoms with E-state index in [2.05, 4.69) is 15.0 Å². The monoisotopic (exact) mass is 346 g/mol. The van der Waals surface area contributed by atoms with Gasteiger partial charge in [0.05, 0.1) is 25.3 Å². The molecule has 2 aromatic rings. The van der Waals surface area contributed by atoms with Crippen molar-refractivity contribution in [2.45, 2.75) is 25.4 Å². The Morgan fingerprint density at radius 3 is 3.08 bits per heavy atom. The first-order chi connectivity index (χ1) is 12.2. The summed E-state index contributed by atoms with van der Waals surface area (Å²) >= 11 is 0. The van der Waals surface area contributed by atoms with Crippen LogP contribution in [0.25, 0.3) is 11.6 Å². The highest BCUT2D eigenvalue weighted by Gasteiger charge is 2.40. The van der Waals surface area contributed by atoms with Crippen molar-refractivity contribution in [3.63, 3.8) is 0 Å². The number of nitrogens with zero attached hydrogens (tertiary/aromatic N) is 4. The van der Waals surface area contributed by atoms with Gasteiger partial charge in [0.25, 0.3) is 0 Å². The molecule has 0 spiro atoms. The molecule has 0 saturated carbocycles. The van der Waals surface area contributed by atoms with Crippen molar-refractivity contribution in [3.8, 4) is 11.6 Å². The van der Waals surface area contributed by atoms with Crippen LogP contribution in [0.5, 0.6) is 0 Å². The second kappa shape index (κ2) is 6.97. The number of furan rings is 1. The minimum absolute atomic E-state index is 0.0445. The summed E-state index contributed by atoms with van der Waals surface area (Å²) in [6, 6.07) is 3.82. The molecule has 2 unspecified atom stereocenters. The van der Waals surface area contributed by atoms with Crippen molar-refractivity contribution in [2.75, 3.05) is 33.4 Å². The lowest BCUT2D eigenvalue weighted by atomic mass is 9.94. The van der Waals surface area contributed by atoms with Gasteiger partial charge in [-0.25, -0.2) is 0 Å². The molecule has 8 heteroatoms. The van der Waals surface area contributed by atoms with Crippen molar-refractivity contribution in [1.82, 2.24) is 19.9 Å². The number of hydrogen-bond acceptors (Lipinski definition) is 7. The smallest absolute Gasteiger partial charge is 0.241 e. The van der Waals surface area contributed by atoms with Crippen LogP contribution in [0.4, 0.5) is 0 Å². The Morgan fingerprint density at radius 1 is 1.36 bits per heavy atom. The van der Waals surface area contributed by atoms with Crippen LogP contribution in [0, 0.1) is 5.92 Å². The van der Waals surface area contributed by atoms with Gasteiger partial charge >= 0.3 is 0 Å². The first-order valence-electron chi connectivity index (χ1n) is 8.63. The lowest BCUT2D eigenvalue weighted by Gasteiger charge is -2.35. The molecule has 2 aromatic heterocycles. The zero-order valence-corrected chi connectivity index (χ0v) is 14.3. The van der Waals surface area contributed by atoms with Gasteiger partial charge in [0.1, 0.15) is 0 Å². The molecular weight excluding hydrogens is 324 g/mol. The number of piperidine rings is 1. The van der Waals surface area contributed by atoms with Gasteiger partial charge in [-0.15, -0.1) is 0 Å². The Kier molecular flexibility index (Phi) is 4.54. The number of carbonyl (C=O) groups excluding carboxylic acids is 1. The van der Waals surface area contributed by atoms with Crippen LogP contribution < -0.4 is 0 Å². The van der Waals surface area contributed by atoms with Crippen molar-refractivity contribution in [2.24, 2.45) is 5.92 Å². The maximum absolute atomic E-state index is 12.7. The molecule has 5 rings (SSSR count). The molecule has 0 radical (unpaired) electrons. The van der Waals surface area contributed by atoms with E-state index in [1.807, 2.05) is 4.90 Å². The van der Waals surface area contributed by atoms with Crippen molar-refractivity contribution >= 4 is 5.91 Å². The molecule has 134 valence electrons. The predicted octanol–water partition coefficient (Wildman–Crippen LogP) is 1.40. The Bertz CT molecular complexity index is 714. The van der Waals surface area contributed by atoms with Gasteiger partial charge in [-0.05, 0) is 25.0 Å². The summed E-state index contributed by atoms with van der Waals surface area (Å²) in [6.45, 7) is 3.34. The highest BCUT2D eigenvalue weighted by Crippen LogP contribution is 2.29. The van der Waals surface area contributed by atoms with Crippen LogP contribution in [-0.2, 0) is 16.1 Å². The van der Waals surface area contributed by atoms with Crippen LogP contribution in [0.1, 0.15) is 18.7 Å². The fraction of sp³-hybridized carbons (Fsp3) is 0.588. The number of methoxy groups -OCH3 is 1. The molecule has 25 heavy (non-hydrogen) atoms. The average Bonchev–Trinajstić information content (AvgIpc) is 3.22. The summed E-state index contributed by atoms with van der Waals surface area (Å²) < 4.78 is 15.8. The van der Waals surface area contributed by atoms with Crippen LogP contribution in [-0.4, -0.2) is 65.2 Å². The van der Waals surface area contributed by atoms with Crippen molar-refractivity contribution in [1.29, 1.82) is 0 Å². The SMILES string of the molecule is COCCN1C(=O)C2CCC1CN(Cc1nc(-c3ccco3)no1)C2. The number of ether oxygens (including phenoxy) is 1. The van der Waals surface area contributed by atoms with Gasteiger partial charge in [-0.3, -0.25) is 9.69 Å². The lowest BCUT2D eigenvalue weighted by Crippen LogP contribution is -2.49. The zero-order valence-electron chi connectivity index (χ0n) is 14.3. The van der Waals surface area contributed by atoms with Crippen LogP contribution in [0.3, 0.4) is 0 Å². The fourth-order valence-electron chi connectivity index (χ4n) is 3.76. The minimum Gasteiger partial charge on any atom is -0.461 e. The maximum atomic E-state index is 12.7. The quantitative estimate of drug-likeness (QED) is 0.781. The molecule has 8 nitrogen and oxygen atoms in total. The zero-order chi connectivity index (χ0) is 17.2. The van der Waals surface area contributed by atoms with E-state index in [9.17, 15) is 4.79 Å². The van der Waals surface area contributed by atoms with E-state index in [0.29, 0.717) is 37.2 Å². The van der Waals surface area contributed by atoms with E-state index >= 15 is 0 Å². The molecule has 0 aliphatic carbocycles. The summed E-state index contributed by atoms with van der Waals surface area (Å²) in [5, 5.41) is 3.97. The van der Waals surface area contributed by atoms with Crippen molar-refractivity contribution in [3.05, 3.63) is 24.3 Å². The normalized spacial score (nSPS) is 24.0. The average molecular weight is 346 g/mol. The van der Waals surface area contributed by atoms with Gasteiger partial charge in [0.15, 0.2) is 5.76 Å². The molecule has 2 atom stereocenters. The number of aromatic nitrogens is 2. The van der Waals surface area contributed by atoms with E-state index in [4.69, 9.17) is 13.7 Å². The van der Waals surface area contributed by atoms with E-state index in [0.717, 1.165) is 25.9 Å². The lowest BCUT2D eigenvalue weighted by molar-refractivity contribution is -0.140. The second-order valence-corrected chi connectivity index (χ2v) is 6.64. The Balaban J connectivity index is 1.45. The summed E-state index contributed by atoms with van der Waals surface area (Å²) in [6.07, 6.45) is 3.57. The summed E-state index contributed by atoms with van der Waals surface area (Å²) in [5.74, 6) is 1.88. The van der Waals surface area contributed by atoms with Crippen LogP contribution >= 0.6 is 0 Å². The first-order valence-corrected chi connectivity index (χ1v) is 8.63. The van der Waals surface area contributed by atoms with E-state index in [1.165, 1.54) is 0 Å². The van der Waals surface area contributed by atoms with Gasteiger partial charge in [-0.2, -0.15) is 4.98 Å². The summed E-state index contributed by atoms with van der Waals surface area (Å²) in [4.78, 5) is 21.3. The van der Waals surface area contributed by atoms with Gasteiger partial charge in [-0.1, -0.05) is 5.16 Å². The predicted molar refractivity (Wildman–Crippen MR) is 87.4 cm³/mol. The van der Waals surface area contributed by atoms with E-state index in [-0.39, 0.29) is 17.9 Å². The van der Waals surface area contributed by atoms with Gasteiger partial charge in [0.2, 0.25) is 17.6 Å². The summed E-state index contributed by atoms with van der Waals surface area (Å²) in [5.41, 5.74) is 0. The number of rotatable bonds is 6. The minimum atomic E-state index is 0.0445. The molecular formula is C17H22N4O4. The third kappa shape index (κ3) is 3.32. The third-order valence-electron chi connectivity index (χ3n) is 4.97. The highest BCUT2D eigenvalue weighted by molar-refractivity contribution is 5.80. The Hall–Kier alpha value is -2.19. The van der Waals surface area contributed by atoms with Gasteiger partial charge < -0.3 is 18.6 Å². The number of amides is 1. The standard InChI is InChI=1S/C17H22N4O4/c1-23-8-6-21-13-5-4-12(17(21)22)9-20(10-13)11-15-18-16(19-25-15)14-3-2-7-24-14/h2-3,7,12-13H,4-6,8-11H2,1H3. The van der Waals surface area contributed by atoms with E-state index < -0.39 is 0 Å². The highest BCUT2D eigenvalue weighted by atomic mass is 16.5. The number of fused-ring (bicyclic) bond motifs is 4. The topological polar surface area (TPSA) is 84.8 Å². The largest absolute Gasteiger partial charge is 0.461 e. The molecule has 3 saturated heterocycles. The Morgan fingerprint density at radius 2 is 2.28 bits per heavy atom. The molecule has 0 aromatic carbocycles. The first kappa shape index (κ1) is 16.3. The number of hydrogen-bond donors (Lipinski definition) is 0. The Labute approximate surface area is 145 Å². The molecule has 5 heterocycles. The molecule has 3 aliphatic heterocycles. The fourth-order valence-corrected chi connectivity index (χ4v) is 3.76. The van der Waals surface area contributed by atoms with E-state index in [1.54, 1.807) is 25.5 Å². The molecule has 3 aliphatic rings. The third-order valence-corrected chi connectivity index (χ3v) is 4.97. The molecule has 3 fully saturated rings. The molecule has 0 N–H and O–H groups in total. The summed E-state index contributed by atoms with van der Waals surface area (Å²) in [7, 11) is 1.67. The van der Waals surface area contributed by atoms with Crippen LogP contribution in [0.15, 0.2) is 27.3 Å². The molecule has 1 amide bonds. The maximum Gasteiger partial charge on any atom is 0.241 e. The molecule has 2 bridgehead atoms. The van der Waals surface area contributed by atoms with Gasteiger partial charge in [0, 0.05) is 32.8 Å². The van der Waals surface area contributed by atoms with Crippen molar-refractivity contribution < 1.29 is 18.5 Å². The second-order valence-electron chi connectivity index (χ2n) is 6.64.